The zero-order valence-electron chi connectivity index (χ0n) is 17.8. The number of nitriles is 1. The number of hydrogen-bond donors (Lipinski definition) is 2. The summed E-state index contributed by atoms with van der Waals surface area (Å²) in [5.41, 5.74) is 13.3. The predicted octanol–water partition coefficient (Wildman–Crippen LogP) is 5.09. The van der Waals surface area contributed by atoms with Crippen molar-refractivity contribution in [3.05, 3.63) is 85.9 Å². The Balaban J connectivity index is 1.76. The average Bonchev–Trinajstić information content (AvgIpc) is 3.08. The van der Waals surface area contributed by atoms with Crippen molar-refractivity contribution in [3.8, 4) is 17.7 Å². The molecular formula is C24H23ClN4O2. The third-order valence-electron chi connectivity index (χ3n) is 5.69. The Kier molecular flexibility index (Phi) is 5.38. The molecule has 0 bridgehead atoms. The molecule has 0 unspecified atom stereocenters. The Morgan fingerprint density at radius 3 is 2.65 bits per heavy atom. The molecule has 0 saturated heterocycles. The van der Waals surface area contributed by atoms with Gasteiger partial charge in [0.1, 0.15) is 24.0 Å². The average molecular weight is 435 g/mol. The second kappa shape index (κ2) is 8.01. The normalized spacial score (nSPS) is 15.3. The maximum atomic E-state index is 9.83. The molecule has 0 saturated carbocycles. The van der Waals surface area contributed by atoms with Crippen LogP contribution in [-0.4, -0.2) is 10.2 Å². The highest BCUT2D eigenvalue weighted by atomic mass is 35.5. The van der Waals surface area contributed by atoms with Crippen LogP contribution >= 0.6 is 11.6 Å². The molecule has 1 atom stereocenters. The summed E-state index contributed by atoms with van der Waals surface area (Å²) in [5.74, 6) is 0.922. The van der Waals surface area contributed by atoms with Gasteiger partial charge in [-0.3, -0.25) is 5.10 Å². The molecule has 1 aliphatic rings. The standard InChI is InChI=1S/C24H23ClN4O2/c1-12-7-13(2)18(9-16(12)11-30-20-6-5-17(25)8-14(20)3)22-19(10-26)23(27)31-24-21(22)15(4)28-29-24/h5-9,22H,11,27H2,1-4H3,(H,28,29)/t22-/m1/s1. The third-order valence-corrected chi connectivity index (χ3v) is 5.92. The SMILES string of the molecule is Cc1cc(C)c([C@@H]2C(C#N)=C(N)Oc3n[nH]c(C)c32)cc1COc1ccc(Cl)cc1C. The summed E-state index contributed by atoms with van der Waals surface area (Å²) in [5, 5.41) is 17.7. The van der Waals surface area contributed by atoms with E-state index >= 15 is 0 Å². The highest BCUT2D eigenvalue weighted by molar-refractivity contribution is 6.30. The second-order valence-electron chi connectivity index (χ2n) is 7.83. The Bertz CT molecular complexity index is 1250. The smallest absolute Gasteiger partial charge is 0.244 e. The maximum absolute atomic E-state index is 9.83. The van der Waals surface area contributed by atoms with Crippen LogP contribution in [0.1, 0.15) is 45.0 Å². The fourth-order valence-electron chi connectivity index (χ4n) is 4.02. The molecule has 6 nitrogen and oxygen atoms in total. The van der Waals surface area contributed by atoms with Crippen LogP contribution in [0, 0.1) is 39.0 Å². The molecule has 2 aromatic carbocycles. The lowest BCUT2D eigenvalue weighted by Gasteiger charge is -2.26. The molecular weight excluding hydrogens is 412 g/mol. The van der Waals surface area contributed by atoms with E-state index in [-0.39, 0.29) is 11.8 Å². The Morgan fingerprint density at radius 2 is 1.94 bits per heavy atom. The number of fused-ring (bicyclic) bond motifs is 1. The molecule has 0 radical (unpaired) electrons. The number of benzene rings is 2. The number of allylic oxidation sites excluding steroid dienone is 1. The van der Waals surface area contributed by atoms with E-state index in [0.717, 1.165) is 44.8 Å². The molecule has 4 rings (SSSR count). The molecule has 3 aromatic rings. The van der Waals surface area contributed by atoms with E-state index in [2.05, 4.69) is 35.3 Å². The molecule has 31 heavy (non-hydrogen) atoms. The van der Waals surface area contributed by atoms with Crippen LogP contribution in [0.15, 0.2) is 41.8 Å². The van der Waals surface area contributed by atoms with Crippen LogP contribution in [0.3, 0.4) is 0 Å². The number of halogens is 1. The van der Waals surface area contributed by atoms with Gasteiger partial charge in [0, 0.05) is 16.3 Å². The lowest BCUT2D eigenvalue weighted by molar-refractivity contribution is 0.303. The Morgan fingerprint density at radius 1 is 1.16 bits per heavy atom. The van der Waals surface area contributed by atoms with Crippen molar-refractivity contribution in [1.29, 1.82) is 5.26 Å². The summed E-state index contributed by atoms with van der Waals surface area (Å²) < 4.78 is 11.7. The lowest BCUT2D eigenvalue weighted by Crippen LogP contribution is -2.21. The second-order valence-corrected chi connectivity index (χ2v) is 8.26. The highest BCUT2D eigenvalue weighted by Crippen LogP contribution is 2.44. The van der Waals surface area contributed by atoms with Gasteiger partial charge in [0.05, 0.1) is 5.92 Å². The van der Waals surface area contributed by atoms with Crippen LogP contribution < -0.4 is 15.2 Å². The predicted molar refractivity (Wildman–Crippen MR) is 119 cm³/mol. The number of hydrogen-bond acceptors (Lipinski definition) is 5. The molecule has 2 heterocycles. The van der Waals surface area contributed by atoms with Crippen molar-refractivity contribution in [2.75, 3.05) is 0 Å². The molecule has 0 aliphatic carbocycles. The number of nitrogens with one attached hydrogen (secondary N) is 1. The number of aromatic amines is 1. The number of H-pyrrole nitrogens is 1. The maximum Gasteiger partial charge on any atom is 0.244 e. The topological polar surface area (TPSA) is 97.0 Å². The molecule has 0 amide bonds. The number of aryl methyl sites for hydroxylation is 4. The van der Waals surface area contributed by atoms with Crippen LogP contribution in [0.5, 0.6) is 11.6 Å². The molecule has 3 N–H and O–H groups in total. The van der Waals surface area contributed by atoms with E-state index in [1.54, 1.807) is 0 Å². The monoisotopic (exact) mass is 434 g/mol. The van der Waals surface area contributed by atoms with Crippen LogP contribution in [0.4, 0.5) is 0 Å². The molecule has 1 aliphatic heterocycles. The number of nitrogens with zero attached hydrogens (tertiary/aromatic N) is 2. The highest BCUT2D eigenvalue weighted by Gasteiger charge is 2.35. The summed E-state index contributed by atoms with van der Waals surface area (Å²) in [7, 11) is 0. The zero-order chi connectivity index (χ0) is 22.3. The fourth-order valence-corrected chi connectivity index (χ4v) is 4.25. The Hall–Kier alpha value is -3.43. The van der Waals surface area contributed by atoms with E-state index in [9.17, 15) is 5.26 Å². The van der Waals surface area contributed by atoms with Gasteiger partial charge in [0.2, 0.25) is 11.8 Å². The number of rotatable bonds is 4. The van der Waals surface area contributed by atoms with Crippen LogP contribution in [-0.2, 0) is 6.61 Å². The summed E-state index contributed by atoms with van der Waals surface area (Å²) in [4.78, 5) is 0. The van der Waals surface area contributed by atoms with Crippen molar-refractivity contribution in [1.82, 2.24) is 10.2 Å². The minimum absolute atomic E-state index is 0.0843. The van der Waals surface area contributed by atoms with Crippen molar-refractivity contribution in [2.45, 2.75) is 40.2 Å². The van der Waals surface area contributed by atoms with Crippen molar-refractivity contribution < 1.29 is 9.47 Å². The summed E-state index contributed by atoms with van der Waals surface area (Å²) in [6.45, 7) is 8.36. The summed E-state index contributed by atoms with van der Waals surface area (Å²) >= 11 is 6.05. The van der Waals surface area contributed by atoms with Gasteiger partial charge in [-0.05, 0) is 73.7 Å². The van der Waals surface area contributed by atoms with Crippen molar-refractivity contribution in [2.24, 2.45) is 5.73 Å². The van der Waals surface area contributed by atoms with E-state index in [1.165, 1.54) is 0 Å². The minimum Gasteiger partial charge on any atom is -0.489 e. The minimum atomic E-state index is -0.357. The largest absolute Gasteiger partial charge is 0.489 e. The van der Waals surface area contributed by atoms with Gasteiger partial charge in [0.25, 0.3) is 0 Å². The van der Waals surface area contributed by atoms with E-state index in [1.807, 2.05) is 39.0 Å². The van der Waals surface area contributed by atoms with Gasteiger partial charge in [-0.15, -0.1) is 5.10 Å². The third kappa shape index (κ3) is 3.73. The van der Waals surface area contributed by atoms with Crippen molar-refractivity contribution >= 4 is 11.6 Å². The first-order chi connectivity index (χ1) is 14.8. The molecule has 0 spiro atoms. The fraction of sp³-hybridized carbons (Fsp3) is 0.250. The first-order valence-corrected chi connectivity index (χ1v) is 10.3. The van der Waals surface area contributed by atoms with Gasteiger partial charge < -0.3 is 15.2 Å². The van der Waals surface area contributed by atoms with Crippen LogP contribution in [0.25, 0.3) is 0 Å². The zero-order valence-corrected chi connectivity index (χ0v) is 18.6. The van der Waals surface area contributed by atoms with Crippen LogP contribution in [0.2, 0.25) is 5.02 Å². The first kappa shape index (κ1) is 20.8. The van der Waals surface area contributed by atoms with Crippen molar-refractivity contribution in [3.63, 3.8) is 0 Å². The van der Waals surface area contributed by atoms with Gasteiger partial charge in [-0.2, -0.15) is 5.26 Å². The summed E-state index contributed by atoms with van der Waals surface area (Å²) in [6, 6.07) is 12.0. The molecule has 158 valence electrons. The quantitative estimate of drug-likeness (QED) is 0.595. The van der Waals surface area contributed by atoms with Gasteiger partial charge >= 0.3 is 0 Å². The van der Waals surface area contributed by atoms with E-state index < -0.39 is 0 Å². The first-order valence-electron chi connectivity index (χ1n) is 9.91. The lowest BCUT2D eigenvalue weighted by atomic mass is 9.81. The van der Waals surface area contributed by atoms with E-state index in [0.29, 0.717) is 23.1 Å². The Labute approximate surface area is 186 Å². The summed E-state index contributed by atoms with van der Waals surface area (Å²) in [6.07, 6.45) is 0. The molecule has 1 aromatic heterocycles. The van der Waals surface area contributed by atoms with Gasteiger partial charge in [-0.1, -0.05) is 23.7 Å². The molecule has 7 heteroatoms. The van der Waals surface area contributed by atoms with Gasteiger partial charge in [0.15, 0.2) is 0 Å². The van der Waals surface area contributed by atoms with E-state index in [4.69, 9.17) is 26.8 Å². The van der Waals surface area contributed by atoms with Gasteiger partial charge in [-0.25, -0.2) is 0 Å². The molecule has 0 fully saturated rings. The number of nitrogens with two attached hydrogens (primary N) is 1. The number of aromatic nitrogens is 2. The number of ether oxygens (including phenoxy) is 2.